The Morgan fingerprint density at radius 3 is 2.32 bits per heavy atom. The van der Waals surface area contributed by atoms with Crippen molar-refractivity contribution in [2.45, 2.75) is 45.4 Å². The van der Waals surface area contributed by atoms with Gasteiger partial charge in [0.25, 0.3) is 0 Å². The van der Waals surface area contributed by atoms with Crippen molar-refractivity contribution in [3.63, 3.8) is 0 Å². The molecule has 2 heterocycles. The summed E-state index contributed by atoms with van der Waals surface area (Å²) in [5, 5.41) is 3.30. The summed E-state index contributed by atoms with van der Waals surface area (Å²) in [6, 6.07) is 18.2. The zero-order chi connectivity index (χ0) is 25.6. The number of benzene rings is 2. The average Bonchev–Trinajstić information content (AvgIpc) is 2.89. The number of anilines is 3. The van der Waals surface area contributed by atoms with Gasteiger partial charge in [0.2, 0.25) is 11.9 Å². The number of nitrogens with zero attached hydrogens (tertiary/aromatic N) is 4. The number of carbonyl (C=O) groups excluding carboxylic acids is 2. The Balaban J connectivity index is 1.17. The molecule has 192 valence electrons. The summed E-state index contributed by atoms with van der Waals surface area (Å²) in [6.45, 7) is 5.35. The lowest BCUT2D eigenvalue weighted by atomic mass is 9.84. The van der Waals surface area contributed by atoms with Crippen molar-refractivity contribution >= 4 is 29.0 Å². The number of ketones is 1. The van der Waals surface area contributed by atoms with E-state index in [9.17, 15) is 9.59 Å². The van der Waals surface area contributed by atoms with E-state index in [0.29, 0.717) is 24.7 Å². The van der Waals surface area contributed by atoms with Gasteiger partial charge in [-0.05, 0) is 55.2 Å². The molecule has 5 rings (SSSR count). The van der Waals surface area contributed by atoms with Crippen molar-refractivity contribution in [2.75, 3.05) is 36.4 Å². The number of Topliss-reactive ketones (excluding diaryl/α,β-unsaturated/α-hetero) is 1. The van der Waals surface area contributed by atoms with Gasteiger partial charge in [-0.3, -0.25) is 9.59 Å². The highest BCUT2D eigenvalue weighted by molar-refractivity contribution is 5.81. The van der Waals surface area contributed by atoms with Crippen LogP contribution >= 0.6 is 0 Å². The second kappa shape index (κ2) is 11.5. The summed E-state index contributed by atoms with van der Waals surface area (Å²) >= 11 is 0. The van der Waals surface area contributed by atoms with Crippen LogP contribution in [0.5, 0.6) is 0 Å². The Morgan fingerprint density at radius 2 is 1.68 bits per heavy atom. The van der Waals surface area contributed by atoms with Gasteiger partial charge in [0.1, 0.15) is 5.78 Å². The van der Waals surface area contributed by atoms with Crippen molar-refractivity contribution in [3.05, 3.63) is 66.4 Å². The minimum Gasteiger partial charge on any atom is -0.368 e. The maximum absolute atomic E-state index is 12.5. The number of hydrogen-bond acceptors (Lipinski definition) is 6. The highest BCUT2D eigenvalue weighted by atomic mass is 16.2. The molecule has 1 saturated carbocycles. The van der Waals surface area contributed by atoms with Crippen molar-refractivity contribution in [1.29, 1.82) is 0 Å². The molecule has 1 aliphatic heterocycles. The van der Waals surface area contributed by atoms with Gasteiger partial charge >= 0.3 is 0 Å². The minimum absolute atomic E-state index is 0.274. The van der Waals surface area contributed by atoms with E-state index in [-0.39, 0.29) is 11.7 Å². The van der Waals surface area contributed by atoms with Crippen molar-refractivity contribution < 1.29 is 9.59 Å². The Morgan fingerprint density at radius 1 is 0.946 bits per heavy atom. The van der Waals surface area contributed by atoms with Gasteiger partial charge in [-0.25, -0.2) is 9.97 Å². The van der Waals surface area contributed by atoms with Crippen LogP contribution in [0.3, 0.4) is 0 Å². The van der Waals surface area contributed by atoms with Crippen LogP contribution in [0.25, 0.3) is 11.3 Å². The lowest BCUT2D eigenvalue weighted by molar-refractivity contribution is -0.138. The van der Waals surface area contributed by atoms with Crippen LogP contribution in [0.2, 0.25) is 0 Å². The third kappa shape index (κ3) is 6.16. The molecule has 0 bridgehead atoms. The third-order valence-corrected chi connectivity index (χ3v) is 7.37. The first-order valence-electron chi connectivity index (χ1n) is 13.4. The van der Waals surface area contributed by atoms with E-state index >= 15 is 0 Å². The molecular formula is C30H35N5O2. The minimum atomic E-state index is 0.274. The van der Waals surface area contributed by atoms with Crippen molar-refractivity contribution in [2.24, 2.45) is 5.92 Å². The third-order valence-electron chi connectivity index (χ3n) is 7.37. The van der Waals surface area contributed by atoms with Crippen LogP contribution in [0, 0.1) is 5.92 Å². The monoisotopic (exact) mass is 497 g/mol. The van der Waals surface area contributed by atoms with E-state index in [4.69, 9.17) is 0 Å². The van der Waals surface area contributed by atoms with Crippen LogP contribution < -0.4 is 10.2 Å². The molecule has 1 aromatic heterocycles. The number of piperazine rings is 1. The molecule has 2 fully saturated rings. The average molecular weight is 498 g/mol. The molecule has 7 heteroatoms. The SMILES string of the molecule is CCCC(=O)Cc1ccc(-c2ccnc(Nc3ccc(N4CCN(C(=O)C5CCC5)CC4)cc3)n2)cc1. The second-order valence-electron chi connectivity index (χ2n) is 10.0. The van der Waals surface area contributed by atoms with Crippen molar-refractivity contribution in [3.8, 4) is 11.3 Å². The molecule has 1 saturated heterocycles. The Labute approximate surface area is 218 Å². The van der Waals surface area contributed by atoms with Crippen molar-refractivity contribution in [1.82, 2.24) is 14.9 Å². The lowest BCUT2D eigenvalue weighted by Gasteiger charge is -2.39. The summed E-state index contributed by atoms with van der Waals surface area (Å²) in [5.74, 6) is 1.44. The summed E-state index contributed by atoms with van der Waals surface area (Å²) in [4.78, 5) is 37.9. The zero-order valence-electron chi connectivity index (χ0n) is 21.5. The fourth-order valence-corrected chi connectivity index (χ4v) is 4.95. The molecule has 1 N–H and O–H groups in total. The molecule has 37 heavy (non-hydrogen) atoms. The first-order valence-corrected chi connectivity index (χ1v) is 13.4. The molecule has 0 atom stereocenters. The fourth-order valence-electron chi connectivity index (χ4n) is 4.95. The van der Waals surface area contributed by atoms with E-state index in [1.807, 2.05) is 54.3 Å². The number of hydrogen-bond donors (Lipinski definition) is 1. The quantitative estimate of drug-likeness (QED) is 0.435. The largest absolute Gasteiger partial charge is 0.368 e. The second-order valence-corrected chi connectivity index (χ2v) is 10.0. The van der Waals surface area contributed by atoms with E-state index in [1.165, 1.54) is 6.42 Å². The maximum Gasteiger partial charge on any atom is 0.227 e. The van der Waals surface area contributed by atoms with Gasteiger partial charge in [-0.1, -0.05) is 37.6 Å². The molecule has 1 amide bonds. The summed E-state index contributed by atoms with van der Waals surface area (Å²) in [5.41, 5.74) is 4.93. The summed E-state index contributed by atoms with van der Waals surface area (Å²) in [7, 11) is 0. The Hall–Kier alpha value is -3.74. The molecule has 2 aliphatic rings. The Bertz CT molecular complexity index is 1210. The van der Waals surface area contributed by atoms with Crippen LogP contribution in [0.4, 0.5) is 17.3 Å². The molecule has 0 unspecified atom stereocenters. The zero-order valence-corrected chi connectivity index (χ0v) is 21.5. The van der Waals surface area contributed by atoms with Gasteiger partial charge in [0.15, 0.2) is 0 Å². The van der Waals surface area contributed by atoms with Gasteiger partial charge in [0, 0.05) is 68.1 Å². The first kappa shape index (κ1) is 24.9. The maximum atomic E-state index is 12.5. The Kier molecular flexibility index (Phi) is 7.78. The highest BCUT2D eigenvalue weighted by Gasteiger charge is 2.31. The van der Waals surface area contributed by atoms with Crippen LogP contribution in [0.15, 0.2) is 60.8 Å². The van der Waals surface area contributed by atoms with E-state index in [1.54, 1.807) is 6.20 Å². The number of aromatic nitrogens is 2. The van der Waals surface area contributed by atoms with E-state index < -0.39 is 0 Å². The molecule has 2 aromatic carbocycles. The fraction of sp³-hybridized carbons (Fsp3) is 0.400. The number of carbonyl (C=O) groups is 2. The van der Waals surface area contributed by atoms with Crippen LogP contribution in [-0.4, -0.2) is 52.7 Å². The molecule has 3 aromatic rings. The molecular weight excluding hydrogens is 462 g/mol. The van der Waals surface area contributed by atoms with Crippen LogP contribution in [-0.2, 0) is 16.0 Å². The van der Waals surface area contributed by atoms with Gasteiger partial charge in [0.05, 0.1) is 5.69 Å². The standard InChI is InChI=1S/C30H35N5O2/c1-2-4-27(36)21-22-7-9-23(10-8-22)28-15-16-31-30(33-28)32-25-11-13-26(14-12-25)34-17-19-35(20-18-34)29(37)24-5-3-6-24/h7-16,24H,2-6,17-21H2,1H3,(H,31,32,33). The van der Waals surface area contributed by atoms with E-state index in [2.05, 4.69) is 32.3 Å². The van der Waals surface area contributed by atoms with Gasteiger partial charge < -0.3 is 15.1 Å². The number of amides is 1. The molecule has 1 aliphatic carbocycles. The summed E-state index contributed by atoms with van der Waals surface area (Å²) in [6.07, 6.45) is 7.07. The number of nitrogens with one attached hydrogen (secondary N) is 1. The van der Waals surface area contributed by atoms with E-state index in [0.717, 1.165) is 73.6 Å². The van der Waals surface area contributed by atoms with Gasteiger partial charge in [-0.2, -0.15) is 0 Å². The van der Waals surface area contributed by atoms with Gasteiger partial charge in [-0.15, -0.1) is 0 Å². The smallest absolute Gasteiger partial charge is 0.227 e. The normalized spacial score (nSPS) is 15.8. The molecule has 7 nitrogen and oxygen atoms in total. The highest BCUT2D eigenvalue weighted by Crippen LogP contribution is 2.29. The topological polar surface area (TPSA) is 78.4 Å². The molecule has 0 radical (unpaired) electrons. The van der Waals surface area contributed by atoms with Crippen LogP contribution in [0.1, 0.15) is 44.6 Å². The predicted octanol–water partition coefficient (Wildman–Crippen LogP) is 5.25. The molecule has 0 spiro atoms. The lowest BCUT2D eigenvalue weighted by Crippen LogP contribution is -2.51. The number of rotatable bonds is 9. The summed E-state index contributed by atoms with van der Waals surface area (Å²) < 4.78 is 0. The first-order chi connectivity index (χ1) is 18.1. The predicted molar refractivity (Wildman–Crippen MR) is 147 cm³/mol.